The fraction of sp³-hybridized carbons (Fsp3) is 0.0370. The van der Waals surface area contributed by atoms with Gasteiger partial charge in [-0.2, -0.15) is 0 Å². The Kier molecular flexibility index (Phi) is 4.94. The zero-order valence-electron chi connectivity index (χ0n) is 17.6. The molecule has 1 atom stereocenters. The molecule has 0 spiro atoms. The van der Waals surface area contributed by atoms with Crippen molar-refractivity contribution in [2.24, 2.45) is 0 Å². The highest BCUT2D eigenvalue weighted by atomic mass is 16.4. The Hall–Kier alpha value is -4.78. The maximum atomic E-state index is 13.2. The summed E-state index contributed by atoms with van der Waals surface area (Å²) in [5.41, 5.74) is 2.06. The van der Waals surface area contributed by atoms with E-state index < -0.39 is 23.5 Å². The number of aromatic carboxylic acids is 1. The smallest absolute Gasteiger partial charge is 0.339 e. The molecule has 5 rings (SSSR count). The molecule has 166 valence electrons. The molecular weight excluding hydrogens is 434 g/mol. The molecule has 7 nitrogen and oxygen atoms in total. The Balaban J connectivity index is 1.48. The molecule has 1 heterocycles. The highest BCUT2D eigenvalue weighted by molar-refractivity contribution is 6.30. The van der Waals surface area contributed by atoms with Gasteiger partial charge in [0.2, 0.25) is 0 Å². The summed E-state index contributed by atoms with van der Waals surface area (Å²) in [6.45, 7) is 0. The van der Waals surface area contributed by atoms with Crippen molar-refractivity contribution < 1.29 is 29.7 Å². The van der Waals surface area contributed by atoms with Crippen LogP contribution in [0, 0.1) is 0 Å². The number of benzene rings is 3. The summed E-state index contributed by atoms with van der Waals surface area (Å²) in [5, 5.41) is 30.0. The van der Waals surface area contributed by atoms with E-state index >= 15 is 0 Å². The van der Waals surface area contributed by atoms with Gasteiger partial charge in [-0.1, -0.05) is 48.6 Å². The largest absolute Gasteiger partial charge is 0.507 e. The minimum atomic E-state index is -1.24. The molecule has 1 aliphatic carbocycles. The van der Waals surface area contributed by atoms with Crippen molar-refractivity contribution in [2.45, 2.75) is 5.92 Å². The van der Waals surface area contributed by atoms with Crippen LogP contribution < -0.4 is 0 Å². The molecule has 0 fully saturated rings. The molecule has 0 saturated heterocycles. The number of carbonyl (C=O) groups is 3. The number of Topliss-reactive ketones (excluding diaryl/α,β-unsaturated/α-hetero) is 2. The van der Waals surface area contributed by atoms with Gasteiger partial charge in [0, 0.05) is 16.5 Å². The number of rotatable bonds is 4. The summed E-state index contributed by atoms with van der Waals surface area (Å²) in [6.07, 6.45) is 3.32. The number of hydrogen-bond acceptors (Lipinski definition) is 6. The van der Waals surface area contributed by atoms with E-state index in [9.17, 15) is 24.6 Å². The summed E-state index contributed by atoms with van der Waals surface area (Å²) in [6, 6.07) is 17.6. The zero-order valence-corrected chi connectivity index (χ0v) is 17.6. The van der Waals surface area contributed by atoms with Crippen LogP contribution in [0.15, 0.2) is 66.7 Å². The third-order valence-electron chi connectivity index (χ3n) is 5.82. The van der Waals surface area contributed by atoms with Crippen LogP contribution in [-0.2, 0) is 0 Å². The molecule has 3 aromatic carbocycles. The number of carboxylic acids is 1. The molecule has 3 N–H and O–H groups in total. The lowest BCUT2D eigenvalue weighted by atomic mass is 9.97. The maximum absolute atomic E-state index is 13.2. The first-order valence-corrected chi connectivity index (χ1v) is 10.4. The highest BCUT2D eigenvalue weighted by Crippen LogP contribution is 2.38. The van der Waals surface area contributed by atoms with E-state index in [0.29, 0.717) is 22.0 Å². The first kappa shape index (κ1) is 21.1. The first-order chi connectivity index (χ1) is 16.3. The summed E-state index contributed by atoms with van der Waals surface area (Å²) in [4.78, 5) is 41.8. The molecule has 1 unspecified atom stereocenters. The van der Waals surface area contributed by atoms with Gasteiger partial charge < -0.3 is 15.3 Å². The quantitative estimate of drug-likeness (QED) is 0.304. The van der Waals surface area contributed by atoms with Crippen molar-refractivity contribution in [3.05, 3.63) is 100 Å². The molecule has 34 heavy (non-hydrogen) atoms. The monoisotopic (exact) mass is 451 g/mol. The molecule has 0 amide bonds. The van der Waals surface area contributed by atoms with Crippen LogP contribution >= 0.6 is 0 Å². The van der Waals surface area contributed by atoms with E-state index in [-0.39, 0.29) is 33.9 Å². The van der Waals surface area contributed by atoms with Gasteiger partial charge in [0.05, 0.1) is 5.52 Å². The van der Waals surface area contributed by atoms with Gasteiger partial charge in [-0.15, -0.1) is 0 Å². The lowest BCUT2D eigenvalue weighted by molar-refractivity contribution is 0.0693. The molecule has 7 heteroatoms. The van der Waals surface area contributed by atoms with E-state index in [0.717, 1.165) is 0 Å². The van der Waals surface area contributed by atoms with E-state index in [1.54, 1.807) is 60.7 Å². The summed E-state index contributed by atoms with van der Waals surface area (Å²) >= 11 is 0. The van der Waals surface area contributed by atoms with E-state index in [2.05, 4.69) is 4.98 Å². The van der Waals surface area contributed by atoms with Crippen molar-refractivity contribution in [1.82, 2.24) is 4.98 Å². The van der Waals surface area contributed by atoms with Crippen molar-refractivity contribution in [3.63, 3.8) is 0 Å². The van der Waals surface area contributed by atoms with Crippen LogP contribution in [0.3, 0.4) is 0 Å². The molecule has 0 bridgehead atoms. The number of hydrogen-bond donors (Lipinski definition) is 3. The Morgan fingerprint density at radius 3 is 2.24 bits per heavy atom. The maximum Gasteiger partial charge on any atom is 0.339 e. The summed E-state index contributed by atoms with van der Waals surface area (Å²) in [5.74, 6) is -3.85. The van der Waals surface area contributed by atoms with Gasteiger partial charge >= 0.3 is 5.97 Å². The number of fused-ring (bicyclic) bond motifs is 2. The number of para-hydroxylation sites is 1. The Morgan fingerprint density at radius 1 is 0.794 bits per heavy atom. The van der Waals surface area contributed by atoms with Gasteiger partial charge in [-0.3, -0.25) is 9.59 Å². The molecule has 0 radical (unpaired) electrons. The fourth-order valence-corrected chi connectivity index (χ4v) is 4.12. The SMILES string of the molecule is O=C(O)c1cc(/C=C/c2ccc3c(c2)C(=O)C(c2nc4ccccc4cc2O)C3=O)ccc1O. The molecular formula is C27H17NO6. The van der Waals surface area contributed by atoms with Crippen molar-refractivity contribution in [2.75, 3.05) is 0 Å². The zero-order chi connectivity index (χ0) is 24.0. The number of aromatic nitrogens is 1. The number of carboxylic acid groups (broad SMARTS) is 1. The molecule has 1 aromatic heterocycles. The average Bonchev–Trinajstić information content (AvgIpc) is 3.07. The van der Waals surface area contributed by atoms with Crippen LogP contribution in [0.4, 0.5) is 0 Å². The second-order valence-corrected chi connectivity index (χ2v) is 7.97. The Bertz CT molecular complexity index is 1550. The van der Waals surface area contributed by atoms with E-state index in [1.807, 2.05) is 0 Å². The second kappa shape index (κ2) is 7.97. The number of nitrogens with zero attached hydrogens (tertiary/aromatic N) is 1. The Labute approximate surface area is 193 Å². The summed E-state index contributed by atoms with van der Waals surface area (Å²) < 4.78 is 0. The predicted molar refractivity (Wildman–Crippen MR) is 125 cm³/mol. The second-order valence-electron chi connectivity index (χ2n) is 7.97. The fourth-order valence-electron chi connectivity index (χ4n) is 4.12. The van der Waals surface area contributed by atoms with Crippen LogP contribution in [0.25, 0.3) is 23.1 Å². The standard InChI is InChI=1S/C27H17NO6/c29-21-10-8-15(12-19(21)27(33)34)6-5-14-7-9-17-18(11-14)26(32)23(25(17)31)24-22(30)13-16-3-1-2-4-20(16)28-24/h1-13,23,29-30H,(H,33,34)/b6-5+. The van der Waals surface area contributed by atoms with Gasteiger partial charge in [0.1, 0.15) is 28.7 Å². The molecule has 0 saturated carbocycles. The van der Waals surface area contributed by atoms with Gasteiger partial charge in [-0.25, -0.2) is 9.78 Å². The molecule has 0 aliphatic heterocycles. The van der Waals surface area contributed by atoms with Crippen LogP contribution in [0.2, 0.25) is 0 Å². The van der Waals surface area contributed by atoms with Gasteiger partial charge in [0.15, 0.2) is 11.6 Å². The number of aromatic hydroxyl groups is 2. The number of pyridine rings is 1. The van der Waals surface area contributed by atoms with Gasteiger partial charge in [0.25, 0.3) is 0 Å². The van der Waals surface area contributed by atoms with Crippen LogP contribution in [-0.4, -0.2) is 37.8 Å². The van der Waals surface area contributed by atoms with Crippen molar-refractivity contribution >= 4 is 40.6 Å². The summed E-state index contributed by atoms with van der Waals surface area (Å²) in [7, 11) is 0. The van der Waals surface area contributed by atoms with E-state index in [4.69, 9.17) is 5.11 Å². The first-order valence-electron chi connectivity index (χ1n) is 10.4. The Morgan fingerprint density at radius 2 is 1.47 bits per heavy atom. The third kappa shape index (κ3) is 3.49. The lowest BCUT2D eigenvalue weighted by Gasteiger charge is -2.10. The van der Waals surface area contributed by atoms with E-state index in [1.165, 1.54) is 18.2 Å². The van der Waals surface area contributed by atoms with Crippen LogP contribution in [0.5, 0.6) is 11.5 Å². The topological polar surface area (TPSA) is 125 Å². The van der Waals surface area contributed by atoms with Crippen molar-refractivity contribution in [1.29, 1.82) is 0 Å². The third-order valence-corrected chi connectivity index (χ3v) is 5.82. The molecule has 1 aliphatic rings. The average molecular weight is 451 g/mol. The minimum absolute atomic E-state index is 0.0345. The van der Waals surface area contributed by atoms with Crippen LogP contribution in [0.1, 0.15) is 53.8 Å². The van der Waals surface area contributed by atoms with Crippen molar-refractivity contribution in [3.8, 4) is 11.5 Å². The number of ketones is 2. The lowest BCUT2D eigenvalue weighted by Crippen LogP contribution is -2.14. The predicted octanol–water partition coefficient (Wildman–Crippen LogP) is 4.68. The number of phenols is 1. The highest BCUT2D eigenvalue weighted by Gasteiger charge is 2.42. The normalized spacial score (nSPS) is 15.2. The minimum Gasteiger partial charge on any atom is -0.507 e. The molecule has 4 aromatic rings. The number of carbonyl (C=O) groups excluding carboxylic acids is 2. The van der Waals surface area contributed by atoms with Gasteiger partial charge in [-0.05, 0) is 41.5 Å².